The fourth-order valence-electron chi connectivity index (χ4n) is 2.07. The molecule has 2 aromatic carbocycles. The Morgan fingerprint density at radius 2 is 1.55 bits per heavy atom. The molecule has 1 aliphatic rings. The zero-order chi connectivity index (χ0) is 16.1. The molecule has 0 bridgehead atoms. The molecular weight excluding hydrogens is 300 g/mol. The molecule has 2 aromatic rings. The van der Waals surface area contributed by atoms with Crippen LogP contribution in [-0.4, -0.2) is 22.4 Å². The summed E-state index contributed by atoms with van der Waals surface area (Å²) in [5.74, 6) is -1.36. The van der Waals surface area contributed by atoms with E-state index in [0.29, 0.717) is 0 Å². The summed E-state index contributed by atoms with van der Waals surface area (Å²) in [7, 11) is 0.270. The van der Waals surface area contributed by atoms with Gasteiger partial charge in [-0.1, -0.05) is 36.4 Å². The topological polar surface area (TPSA) is 63.6 Å². The Morgan fingerprint density at radius 3 is 1.91 bits per heavy atom. The van der Waals surface area contributed by atoms with Crippen LogP contribution in [-0.2, 0) is 26.8 Å². The zero-order valence-electron chi connectivity index (χ0n) is 12.1. The number of carboxylic acids is 1. The molecule has 5 heteroatoms. The number of rotatable bonds is 2. The van der Waals surface area contributed by atoms with Gasteiger partial charge in [-0.15, -0.1) is 0 Å². The lowest BCUT2D eigenvalue weighted by Gasteiger charge is -2.18. The van der Waals surface area contributed by atoms with Gasteiger partial charge in [0.05, 0.1) is 17.9 Å². The van der Waals surface area contributed by atoms with Crippen LogP contribution in [0.15, 0.2) is 70.7 Å². The van der Waals surface area contributed by atoms with Crippen molar-refractivity contribution in [3.8, 4) is 0 Å². The summed E-state index contributed by atoms with van der Waals surface area (Å²) in [6.45, 7) is 3.05. The van der Waals surface area contributed by atoms with E-state index in [1.807, 2.05) is 36.4 Å². The molecule has 0 unspecified atom stereocenters. The Labute approximate surface area is 131 Å². The van der Waals surface area contributed by atoms with E-state index in [0.717, 1.165) is 16.2 Å². The molecule has 0 saturated carbocycles. The number of benzene rings is 2. The van der Waals surface area contributed by atoms with E-state index in [9.17, 15) is 9.00 Å². The van der Waals surface area contributed by atoms with E-state index < -0.39 is 16.8 Å². The molecule has 22 heavy (non-hydrogen) atoms. The number of hydrogen-bond acceptors (Lipinski definition) is 3. The highest BCUT2D eigenvalue weighted by molar-refractivity contribution is 7.85. The second kappa shape index (κ2) is 7.04. The average molecular weight is 316 g/mol. The smallest absolute Gasteiger partial charge is 0.370 e. The van der Waals surface area contributed by atoms with Crippen LogP contribution in [0.1, 0.15) is 11.1 Å². The van der Waals surface area contributed by atoms with Gasteiger partial charge in [0, 0.05) is 9.79 Å². The molecule has 1 N–H and O–H groups in total. The molecule has 4 nitrogen and oxygen atoms in total. The maximum Gasteiger partial charge on any atom is 0.370 e. The predicted molar refractivity (Wildman–Crippen MR) is 84.1 cm³/mol. The van der Waals surface area contributed by atoms with Crippen molar-refractivity contribution in [2.45, 2.75) is 16.2 Å². The Hall–Kier alpha value is -2.40. The fraction of sp³-hybridized carbons (Fsp3) is 0.118. The van der Waals surface area contributed by atoms with Gasteiger partial charge in [0.1, 0.15) is 0 Å². The third kappa shape index (κ3) is 3.43. The first-order valence-electron chi connectivity index (χ1n) is 6.58. The van der Waals surface area contributed by atoms with Crippen LogP contribution in [0.4, 0.5) is 0 Å². The lowest BCUT2D eigenvalue weighted by Crippen LogP contribution is -2.08. The number of aliphatic carboxylic acids is 1. The molecule has 0 aliphatic carbocycles. The second-order valence-corrected chi connectivity index (χ2v) is 6.01. The number of fused-ring (bicyclic) bond motifs is 2. The minimum atomic E-state index is -1.12. The van der Waals surface area contributed by atoms with E-state index in [2.05, 4.69) is 23.4 Å². The number of methoxy groups -OCH3 is 1. The molecule has 0 saturated heterocycles. The standard InChI is InChI=1S/C13H10OS.C4H6O3/c14-15-12-7-3-1-5-10(12)9-11-6-2-4-8-13(11)15;1-3(7-2)4(5)6/h1-8H,9H2;1H2,2H3,(H,5,6). The van der Waals surface area contributed by atoms with E-state index in [4.69, 9.17) is 5.11 Å². The van der Waals surface area contributed by atoms with Crippen molar-refractivity contribution >= 4 is 16.8 Å². The number of ether oxygens (including phenoxy) is 1. The Kier molecular flexibility index (Phi) is 5.12. The van der Waals surface area contributed by atoms with Crippen molar-refractivity contribution in [1.82, 2.24) is 0 Å². The van der Waals surface area contributed by atoms with Crippen molar-refractivity contribution in [3.63, 3.8) is 0 Å². The second-order valence-electron chi connectivity index (χ2n) is 4.59. The van der Waals surface area contributed by atoms with Gasteiger partial charge in [0.25, 0.3) is 0 Å². The monoisotopic (exact) mass is 316 g/mol. The molecule has 3 rings (SSSR count). The lowest BCUT2D eigenvalue weighted by molar-refractivity contribution is -0.136. The SMILES string of the molecule is C=C(OC)C(=O)O.O=S1c2ccccc2Cc2ccccc21. The first-order chi connectivity index (χ1) is 10.5. The maximum atomic E-state index is 12.2. The highest BCUT2D eigenvalue weighted by atomic mass is 32.2. The van der Waals surface area contributed by atoms with Gasteiger partial charge in [-0.2, -0.15) is 0 Å². The van der Waals surface area contributed by atoms with Gasteiger partial charge in [-0.3, -0.25) is 0 Å². The number of hydrogen-bond donors (Lipinski definition) is 1. The van der Waals surface area contributed by atoms with Crippen LogP contribution in [0.5, 0.6) is 0 Å². The van der Waals surface area contributed by atoms with Crippen molar-refractivity contribution in [2.75, 3.05) is 7.11 Å². The molecule has 0 aromatic heterocycles. The number of carboxylic acid groups (broad SMARTS) is 1. The summed E-state index contributed by atoms with van der Waals surface area (Å²) >= 11 is 0. The molecular formula is C17H16O4S. The summed E-state index contributed by atoms with van der Waals surface area (Å²) in [5.41, 5.74) is 2.38. The fourth-order valence-corrected chi connectivity index (χ4v) is 3.47. The van der Waals surface area contributed by atoms with Gasteiger partial charge in [-0.05, 0) is 36.3 Å². The van der Waals surface area contributed by atoms with Gasteiger partial charge >= 0.3 is 5.97 Å². The van der Waals surface area contributed by atoms with E-state index in [1.54, 1.807) is 0 Å². The lowest BCUT2D eigenvalue weighted by atomic mass is 10.0. The molecule has 0 amide bonds. The highest BCUT2D eigenvalue weighted by Gasteiger charge is 2.20. The van der Waals surface area contributed by atoms with Crippen molar-refractivity contribution in [3.05, 3.63) is 72.0 Å². The third-order valence-corrected chi connectivity index (χ3v) is 4.81. The van der Waals surface area contributed by atoms with E-state index in [1.165, 1.54) is 18.2 Å². The summed E-state index contributed by atoms with van der Waals surface area (Å²) in [4.78, 5) is 11.6. The van der Waals surface area contributed by atoms with Crippen LogP contribution in [0.3, 0.4) is 0 Å². The van der Waals surface area contributed by atoms with Crippen LogP contribution < -0.4 is 0 Å². The Balaban J connectivity index is 0.000000217. The third-order valence-electron chi connectivity index (χ3n) is 3.21. The van der Waals surface area contributed by atoms with Crippen molar-refractivity contribution < 1.29 is 18.8 Å². The highest BCUT2D eigenvalue weighted by Crippen LogP contribution is 2.30. The Morgan fingerprint density at radius 1 is 1.09 bits per heavy atom. The summed E-state index contributed by atoms with van der Waals surface area (Å²) in [6, 6.07) is 15.9. The van der Waals surface area contributed by atoms with Gasteiger partial charge in [-0.25, -0.2) is 9.00 Å². The molecule has 114 valence electrons. The van der Waals surface area contributed by atoms with Crippen LogP contribution in [0.25, 0.3) is 0 Å². The Bertz CT molecular complexity index is 689. The first kappa shape index (κ1) is 16.0. The maximum absolute atomic E-state index is 12.2. The number of carbonyl (C=O) groups is 1. The largest absolute Gasteiger partial charge is 0.490 e. The molecule has 0 spiro atoms. The molecule has 1 aliphatic heterocycles. The quantitative estimate of drug-likeness (QED) is 0.583. The minimum Gasteiger partial charge on any atom is -0.490 e. The molecule has 0 radical (unpaired) electrons. The summed E-state index contributed by atoms with van der Waals surface area (Å²) in [5, 5.41) is 7.96. The first-order valence-corrected chi connectivity index (χ1v) is 7.73. The molecule has 0 fully saturated rings. The van der Waals surface area contributed by atoms with E-state index in [-0.39, 0.29) is 5.76 Å². The van der Waals surface area contributed by atoms with E-state index >= 15 is 0 Å². The van der Waals surface area contributed by atoms with Gasteiger partial charge in [0.15, 0.2) is 5.76 Å². The normalized spacial score (nSPS) is 12.2. The molecule has 1 heterocycles. The van der Waals surface area contributed by atoms with Gasteiger partial charge in [0.2, 0.25) is 0 Å². The van der Waals surface area contributed by atoms with Crippen LogP contribution in [0.2, 0.25) is 0 Å². The molecule has 0 atom stereocenters. The zero-order valence-corrected chi connectivity index (χ0v) is 12.9. The van der Waals surface area contributed by atoms with Crippen LogP contribution in [0, 0.1) is 0 Å². The van der Waals surface area contributed by atoms with Gasteiger partial charge < -0.3 is 9.84 Å². The van der Waals surface area contributed by atoms with Crippen molar-refractivity contribution in [2.24, 2.45) is 0 Å². The van der Waals surface area contributed by atoms with Crippen molar-refractivity contribution in [1.29, 1.82) is 0 Å². The summed E-state index contributed by atoms with van der Waals surface area (Å²) < 4.78 is 16.4. The predicted octanol–water partition coefficient (Wildman–Crippen LogP) is 2.99. The summed E-state index contributed by atoms with van der Waals surface area (Å²) in [6.07, 6.45) is 0.901. The minimum absolute atomic E-state index is 0.236. The average Bonchev–Trinajstić information content (AvgIpc) is 2.55. The van der Waals surface area contributed by atoms with Crippen LogP contribution >= 0.6 is 0 Å².